The minimum atomic E-state index is -3.68. The Morgan fingerprint density at radius 1 is 1.43 bits per heavy atom. The first-order valence-electron chi connectivity index (χ1n) is 6.53. The van der Waals surface area contributed by atoms with Gasteiger partial charge in [0.25, 0.3) is 0 Å². The molecule has 0 spiro atoms. The highest BCUT2D eigenvalue weighted by Crippen LogP contribution is 2.36. The molecule has 1 aromatic carbocycles. The zero-order valence-electron chi connectivity index (χ0n) is 11.2. The van der Waals surface area contributed by atoms with Crippen molar-refractivity contribution in [3.05, 3.63) is 29.0 Å². The highest BCUT2D eigenvalue weighted by molar-refractivity contribution is 7.92. The molecule has 0 aliphatic heterocycles. The van der Waals surface area contributed by atoms with Gasteiger partial charge in [0.1, 0.15) is 5.82 Å². The summed E-state index contributed by atoms with van der Waals surface area (Å²) in [7, 11) is -3.68. The number of carbonyl (C=O) groups is 1. The molecule has 1 fully saturated rings. The van der Waals surface area contributed by atoms with E-state index in [0.717, 1.165) is 12.1 Å². The molecular weight excluding hydrogens is 319 g/mol. The summed E-state index contributed by atoms with van der Waals surface area (Å²) < 4.78 is 38.1. The molecule has 2 atom stereocenters. The van der Waals surface area contributed by atoms with Gasteiger partial charge in [0, 0.05) is 5.92 Å². The van der Waals surface area contributed by atoms with Gasteiger partial charge in [-0.05, 0) is 37.5 Å². The van der Waals surface area contributed by atoms with Crippen molar-refractivity contribution in [2.45, 2.75) is 29.4 Å². The Kier molecular flexibility index (Phi) is 4.85. The summed E-state index contributed by atoms with van der Waals surface area (Å²) in [5.41, 5.74) is 5.24. The van der Waals surface area contributed by atoms with Gasteiger partial charge < -0.3 is 11.1 Å². The van der Waals surface area contributed by atoms with Crippen LogP contribution in [0.3, 0.4) is 0 Å². The molecule has 3 N–H and O–H groups in total. The molecule has 1 amide bonds. The smallest absolute Gasteiger partial charge is 0.224 e. The first kappa shape index (κ1) is 16.2. The third-order valence-corrected chi connectivity index (χ3v) is 6.37. The summed E-state index contributed by atoms with van der Waals surface area (Å²) in [4.78, 5) is 11.6. The first-order valence-corrected chi connectivity index (χ1v) is 8.45. The van der Waals surface area contributed by atoms with Crippen LogP contribution in [0.25, 0.3) is 0 Å². The van der Waals surface area contributed by atoms with Crippen LogP contribution in [0.1, 0.15) is 19.3 Å². The topological polar surface area (TPSA) is 89.3 Å². The molecule has 0 heterocycles. The Morgan fingerprint density at radius 2 is 2.14 bits per heavy atom. The first-order chi connectivity index (χ1) is 9.86. The van der Waals surface area contributed by atoms with Crippen LogP contribution in [0.5, 0.6) is 0 Å². The van der Waals surface area contributed by atoms with Crippen molar-refractivity contribution < 1.29 is 17.6 Å². The molecule has 0 radical (unpaired) electrons. The highest BCUT2D eigenvalue weighted by Gasteiger charge is 2.38. The van der Waals surface area contributed by atoms with Crippen molar-refractivity contribution in [1.82, 2.24) is 5.32 Å². The van der Waals surface area contributed by atoms with Gasteiger partial charge in [-0.1, -0.05) is 11.6 Å². The molecule has 0 aromatic heterocycles. The third kappa shape index (κ3) is 3.36. The fraction of sp³-hybridized carbons (Fsp3) is 0.462. The van der Waals surface area contributed by atoms with Crippen molar-refractivity contribution in [2.24, 2.45) is 11.7 Å². The van der Waals surface area contributed by atoms with E-state index < -0.39 is 20.9 Å². The lowest BCUT2D eigenvalue weighted by Crippen LogP contribution is -2.34. The van der Waals surface area contributed by atoms with Crippen molar-refractivity contribution in [1.29, 1.82) is 0 Å². The van der Waals surface area contributed by atoms with Crippen LogP contribution in [0.2, 0.25) is 5.02 Å². The maximum Gasteiger partial charge on any atom is 0.224 e. The third-order valence-electron chi connectivity index (χ3n) is 3.67. The fourth-order valence-electron chi connectivity index (χ4n) is 2.59. The molecule has 0 saturated heterocycles. The molecule has 5 nitrogen and oxygen atoms in total. The summed E-state index contributed by atoms with van der Waals surface area (Å²) in [5.74, 6) is -1.20. The summed E-state index contributed by atoms with van der Waals surface area (Å²) >= 11 is 5.83. The van der Waals surface area contributed by atoms with Gasteiger partial charge in [-0.2, -0.15) is 0 Å². The van der Waals surface area contributed by atoms with Gasteiger partial charge in [0.05, 0.1) is 21.8 Å². The van der Waals surface area contributed by atoms with Gasteiger partial charge >= 0.3 is 0 Å². The van der Waals surface area contributed by atoms with E-state index in [1.807, 2.05) is 0 Å². The molecule has 21 heavy (non-hydrogen) atoms. The second-order valence-corrected chi connectivity index (χ2v) is 7.60. The van der Waals surface area contributed by atoms with E-state index in [4.69, 9.17) is 17.3 Å². The Balaban J connectivity index is 2.20. The average Bonchev–Trinajstić information content (AvgIpc) is 2.88. The van der Waals surface area contributed by atoms with E-state index in [1.165, 1.54) is 6.07 Å². The zero-order chi connectivity index (χ0) is 15.6. The Morgan fingerprint density at radius 3 is 2.76 bits per heavy atom. The van der Waals surface area contributed by atoms with Crippen molar-refractivity contribution in [3.8, 4) is 0 Å². The standard InChI is InChI=1S/C13H16ClFN2O3S/c14-11-6-9(15)2-4-12(11)21(19,20)10-3-1-8(5-10)13(18)17-7-16/h2,4,6,8,10H,1,3,5,7,16H2,(H,17,18)/t8-,10-/m0/s1. The normalized spacial score (nSPS) is 22.2. The number of carbonyl (C=O) groups excluding carboxylic acids is 1. The number of hydrogen-bond donors (Lipinski definition) is 2. The van der Waals surface area contributed by atoms with Crippen LogP contribution in [0.15, 0.2) is 23.1 Å². The number of halogens is 2. The van der Waals surface area contributed by atoms with E-state index in [-0.39, 0.29) is 34.8 Å². The van der Waals surface area contributed by atoms with Gasteiger partial charge in [0.15, 0.2) is 9.84 Å². The molecule has 8 heteroatoms. The quantitative estimate of drug-likeness (QED) is 0.644. The van der Waals surface area contributed by atoms with Crippen molar-refractivity contribution in [2.75, 3.05) is 6.67 Å². The summed E-state index contributed by atoms with van der Waals surface area (Å²) in [5, 5.41) is 1.67. The van der Waals surface area contributed by atoms with Crippen LogP contribution >= 0.6 is 11.6 Å². The molecule has 0 unspecified atom stereocenters. The summed E-state index contributed by atoms with van der Waals surface area (Å²) in [6, 6.07) is 3.20. The van der Waals surface area contributed by atoms with Crippen LogP contribution in [0, 0.1) is 11.7 Å². The minimum Gasteiger partial charge on any atom is -0.344 e. The van der Waals surface area contributed by atoms with Gasteiger partial charge in [0.2, 0.25) is 5.91 Å². The molecule has 1 aliphatic carbocycles. The maximum atomic E-state index is 13.0. The van der Waals surface area contributed by atoms with Crippen molar-refractivity contribution >= 4 is 27.3 Å². The molecule has 1 aliphatic rings. The van der Waals surface area contributed by atoms with Gasteiger partial charge in [-0.15, -0.1) is 0 Å². The fourth-order valence-corrected chi connectivity index (χ4v) is 4.96. The largest absolute Gasteiger partial charge is 0.344 e. The van der Waals surface area contributed by atoms with E-state index in [0.29, 0.717) is 12.8 Å². The molecule has 0 bridgehead atoms. The average molecular weight is 335 g/mol. The number of amides is 1. The predicted octanol–water partition coefficient (Wildman–Crippen LogP) is 1.45. The molecule has 1 aromatic rings. The number of benzene rings is 1. The maximum absolute atomic E-state index is 13.0. The summed E-state index contributed by atoms with van der Waals surface area (Å²) in [6.45, 7) is 0.0243. The monoisotopic (exact) mass is 334 g/mol. The number of sulfone groups is 1. The lowest BCUT2D eigenvalue weighted by atomic mass is 10.1. The molecular formula is C13H16ClFN2O3S. The van der Waals surface area contributed by atoms with Crippen LogP contribution < -0.4 is 11.1 Å². The van der Waals surface area contributed by atoms with Gasteiger partial charge in [-0.25, -0.2) is 12.8 Å². The number of nitrogens with two attached hydrogens (primary N) is 1. The Bertz CT molecular complexity index is 651. The second kappa shape index (κ2) is 6.29. The van der Waals surface area contributed by atoms with E-state index in [2.05, 4.69) is 5.32 Å². The Labute approximate surface area is 127 Å². The predicted molar refractivity (Wildman–Crippen MR) is 76.9 cm³/mol. The number of nitrogens with one attached hydrogen (secondary N) is 1. The lowest BCUT2D eigenvalue weighted by Gasteiger charge is -2.13. The Hall–Kier alpha value is -1.18. The lowest BCUT2D eigenvalue weighted by molar-refractivity contribution is -0.124. The second-order valence-electron chi connectivity index (χ2n) is 5.00. The van der Waals surface area contributed by atoms with E-state index in [9.17, 15) is 17.6 Å². The SMILES string of the molecule is NCNC(=O)[C@H]1CC[C@H](S(=O)(=O)c2ccc(F)cc2Cl)C1. The highest BCUT2D eigenvalue weighted by atomic mass is 35.5. The summed E-state index contributed by atoms with van der Waals surface area (Å²) in [6.07, 6.45) is 1.08. The van der Waals surface area contributed by atoms with E-state index in [1.54, 1.807) is 0 Å². The zero-order valence-corrected chi connectivity index (χ0v) is 12.8. The van der Waals surface area contributed by atoms with Crippen LogP contribution in [-0.2, 0) is 14.6 Å². The number of hydrogen-bond acceptors (Lipinski definition) is 4. The van der Waals surface area contributed by atoms with Crippen molar-refractivity contribution in [3.63, 3.8) is 0 Å². The molecule has 116 valence electrons. The van der Waals surface area contributed by atoms with Gasteiger partial charge in [-0.3, -0.25) is 4.79 Å². The minimum absolute atomic E-state index is 0.0243. The number of rotatable bonds is 4. The van der Waals surface area contributed by atoms with Crippen LogP contribution in [-0.4, -0.2) is 26.2 Å². The molecule has 2 rings (SSSR count). The van der Waals surface area contributed by atoms with E-state index >= 15 is 0 Å². The molecule has 1 saturated carbocycles. The van der Waals surface area contributed by atoms with Crippen LogP contribution in [0.4, 0.5) is 4.39 Å².